The van der Waals surface area contributed by atoms with Crippen molar-refractivity contribution in [2.75, 3.05) is 56.5 Å². The van der Waals surface area contributed by atoms with Gasteiger partial charge >= 0.3 is 50.7 Å². The summed E-state index contributed by atoms with van der Waals surface area (Å²) in [5, 5.41) is 0. The molecule has 7 aromatic heterocycles. The van der Waals surface area contributed by atoms with E-state index in [1.165, 1.54) is 62.8 Å². The third kappa shape index (κ3) is 18.2. The van der Waals surface area contributed by atoms with Gasteiger partial charge in [-0.3, -0.25) is 42.4 Å². The highest BCUT2D eigenvalue weighted by atomic mass is 32.5. The van der Waals surface area contributed by atoms with E-state index in [9.17, 15) is 48.4 Å². The number of hydrogen-bond acceptors (Lipinski definition) is 36. The van der Waals surface area contributed by atoms with E-state index in [4.69, 9.17) is 151 Å². The maximum absolute atomic E-state index is 13.5. The van der Waals surface area contributed by atoms with Crippen LogP contribution in [0.1, 0.15) is 94.3 Å². The van der Waals surface area contributed by atoms with Gasteiger partial charge in [-0.1, -0.05) is 20.8 Å². The maximum Gasteiger partial charge on any atom is 0.351 e. The molecule has 0 spiro atoms. The number of nitrogens with zero attached hydrogens (tertiary/aromatic N) is 12. The van der Waals surface area contributed by atoms with Crippen LogP contribution in [0.15, 0.2) is 61.5 Å². The Balaban J connectivity index is 0.768. The zero-order chi connectivity index (χ0) is 77.3. The Morgan fingerprint density at radius 1 is 0.495 bits per heavy atom. The summed E-state index contributed by atoms with van der Waals surface area (Å²) in [5.41, 5.74) is 21.8. The quantitative estimate of drug-likeness (QED) is 0.0295. The van der Waals surface area contributed by atoms with Gasteiger partial charge in [0.15, 0.2) is 22.6 Å². The normalized spacial score (nSPS) is 30.4. The third-order valence-electron chi connectivity index (χ3n) is 18.2. The number of hydrogen-bond donors (Lipinski definition) is 11. The molecular weight excluding hydrogens is 1620 g/mol. The van der Waals surface area contributed by atoms with Crippen molar-refractivity contribution in [2.45, 2.75) is 159 Å². The summed E-state index contributed by atoms with van der Waals surface area (Å²) in [7, 11) is 1.14. The number of imidazole rings is 2. The highest BCUT2D eigenvalue weighted by Crippen LogP contribution is 2.57. The van der Waals surface area contributed by atoms with Crippen LogP contribution < -0.4 is 51.1 Å². The molecule has 0 aromatic carbocycles. The van der Waals surface area contributed by atoms with Crippen molar-refractivity contribution in [3.05, 3.63) is 106 Å². The van der Waals surface area contributed by atoms with Crippen molar-refractivity contribution in [1.29, 1.82) is 0 Å². The van der Waals surface area contributed by atoms with Crippen molar-refractivity contribution in [1.82, 2.24) is 67.7 Å². The number of H-pyrrole nitrogens is 2. The molecule has 586 valence electrons. The number of rotatable bonds is 29. The Morgan fingerprint density at radius 3 is 1.40 bits per heavy atom. The van der Waals surface area contributed by atoms with E-state index in [-0.39, 0.29) is 70.6 Å². The Kier molecular flexibility index (Phi) is 24.5. The molecule has 0 saturated carbocycles. The van der Waals surface area contributed by atoms with Crippen LogP contribution in [0.3, 0.4) is 0 Å². The number of aromatic nitrogens is 14. The zero-order valence-electron chi connectivity index (χ0n) is 57.3. The van der Waals surface area contributed by atoms with Crippen LogP contribution in [-0.2, 0) is 128 Å². The Labute approximate surface area is 630 Å². The molecule has 5 aliphatic rings. The van der Waals surface area contributed by atoms with Crippen molar-refractivity contribution in [3.63, 3.8) is 0 Å². The van der Waals surface area contributed by atoms with Crippen LogP contribution in [0.25, 0.3) is 22.3 Å². The molecular formula is C54H75N18O25P5S5. The van der Waals surface area contributed by atoms with Gasteiger partial charge in [-0.25, -0.2) is 34.3 Å². The fraction of sp³-hybridized carbons (Fsp3) is 0.593. The summed E-state index contributed by atoms with van der Waals surface area (Å²) in [6, 6.07) is 0. The molecule has 5 aliphatic heterocycles. The second-order valence-corrected chi connectivity index (χ2v) is 39.5. The molecule has 0 amide bonds. The smallest absolute Gasteiger partial charge is 0.351 e. The van der Waals surface area contributed by atoms with Gasteiger partial charge in [0.05, 0.1) is 63.5 Å². The third-order valence-corrected chi connectivity index (χ3v) is 26.2. The molecule has 107 heavy (non-hydrogen) atoms. The number of nitrogen functional groups attached to an aromatic ring is 4. The molecule has 0 aliphatic carbocycles. The fourth-order valence-electron chi connectivity index (χ4n) is 12.8. The predicted octanol–water partition coefficient (Wildman–Crippen LogP) is 1.34. The summed E-state index contributed by atoms with van der Waals surface area (Å²) in [4.78, 5) is 157. The molecule has 15 N–H and O–H groups in total. The SMILES string of the molecule is CC[C@H]1O[C@@H](n2cc(C)c(=O)[nH]c2=O)CC1OP(O)(=S)OC[C@H]1O[C@@H](n2cnc3c(N)ncnc32)CC1OP(O)(=S)OC[C@H]1O[C@@H](n2cnc3c(=O)[nH]c(N)nc32)CC1OP(O)(=S)OC[C@H]1O[C@@H](n2cc(C)c(N)nc2=O)[C@@H](C)C1OP(O)(=S)OC[C@H]1O[C@@H](n2cc(C)c(N)nc2=O)[C@@H](C)C1OP(O)(=S)OC. The van der Waals surface area contributed by atoms with Crippen molar-refractivity contribution in [2.24, 2.45) is 11.8 Å². The summed E-state index contributed by atoms with van der Waals surface area (Å²) < 4.78 is 97.8. The molecule has 53 heteroatoms. The van der Waals surface area contributed by atoms with E-state index in [1.54, 1.807) is 34.6 Å². The van der Waals surface area contributed by atoms with E-state index in [2.05, 4.69) is 44.9 Å². The van der Waals surface area contributed by atoms with E-state index >= 15 is 0 Å². The largest absolute Gasteiger partial charge is 0.383 e. The van der Waals surface area contributed by atoms with Crippen molar-refractivity contribution >= 4 is 138 Å². The second kappa shape index (κ2) is 32.2. The molecule has 10 unspecified atom stereocenters. The number of ether oxygens (including phenoxy) is 5. The maximum atomic E-state index is 13.5. The second-order valence-electron chi connectivity index (χ2n) is 25.5. The molecule has 12 rings (SSSR count). The van der Waals surface area contributed by atoms with Crippen LogP contribution in [0.5, 0.6) is 0 Å². The fourth-order valence-corrected chi connectivity index (χ4v) is 19.8. The molecule has 7 aromatic rings. The Hall–Kier alpha value is -5.01. The van der Waals surface area contributed by atoms with Gasteiger partial charge in [-0.15, -0.1) is 0 Å². The number of anilines is 4. The average Bonchev–Trinajstić information content (AvgIpc) is 1.65. The molecule has 5 fully saturated rings. The number of aryl methyl sites for hydroxylation is 3. The minimum Gasteiger partial charge on any atom is -0.383 e. The van der Waals surface area contributed by atoms with Crippen molar-refractivity contribution < 1.29 is 93.4 Å². The minimum atomic E-state index is -4.62. The summed E-state index contributed by atoms with van der Waals surface area (Å²) in [6.45, 7) is -14.7. The summed E-state index contributed by atoms with van der Waals surface area (Å²) >= 11 is 27.7. The number of nitrogens with two attached hydrogens (primary N) is 4. The summed E-state index contributed by atoms with van der Waals surface area (Å²) in [6.07, 6.45) is -9.44. The van der Waals surface area contributed by atoms with Gasteiger partial charge in [0.25, 0.3) is 11.1 Å². The van der Waals surface area contributed by atoms with Crippen LogP contribution in [0.4, 0.5) is 23.4 Å². The average molecular weight is 1690 g/mol. The van der Waals surface area contributed by atoms with E-state index in [0.717, 1.165) is 11.7 Å². The van der Waals surface area contributed by atoms with Crippen LogP contribution in [0.2, 0.25) is 0 Å². The van der Waals surface area contributed by atoms with Gasteiger partial charge < -0.3 is 116 Å². The highest BCUT2D eigenvalue weighted by molar-refractivity contribution is 8.08. The van der Waals surface area contributed by atoms with Gasteiger partial charge in [-0.2, -0.15) is 15.0 Å². The van der Waals surface area contributed by atoms with Gasteiger partial charge in [-0.05, 0) is 86.2 Å². The first-order valence-electron chi connectivity index (χ1n) is 32.4. The lowest BCUT2D eigenvalue weighted by Crippen LogP contribution is -2.34. The number of aromatic amines is 2. The lowest BCUT2D eigenvalue weighted by atomic mass is 10.0. The van der Waals surface area contributed by atoms with Gasteiger partial charge in [0.1, 0.15) is 91.2 Å². The molecule has 43 nitrogen and oxygen atoms in total. The molecule has 5 saturated heterocycles. The monoisotopic (exact) mass is 1690 g/mol. The lowest BCUT2D eigenvalue weighted by Gasteiger charge is -2.29. The van der Waals surface area contributed by atoms with Crippen LogP contribution >= 0.6 is 33.6 Å². The first kappa shape index (κ1) is 81.5. The highest BCUT2D eigenvalue weighted by Gasteiger charge is 2.52. The van der Waals surface area contributed by atoms with Crippen molar-refractivity contribution in [3.8, 4) is 0 Å². The lowest BCUT2D eigenvalue weighted by molar-refractivity contribution is -0.0565. The van der Waals surface area contributed by atoms with Crippen LogP contribution in [0, 0.1) is 32.6 Å². The number of fused-ring (bicyclic) bond motifs is 2. The van der Waals surface area contributed by atoms with Crippen LogP contribution in [-0.4, -0.2) is 187 Å². The number of nitrogens with one attached hydrogen (secondary N) is 2. The van der Waals surface area contributed by atoms with Gasteiger partial charge in [0, 0.05) is 73.5 Å². The van der Waals surface area contributed by atoms with E-state index < -0.39 is 192 Å². The first-order valence-corrected chi connectivity index (χ1v) is 45.4. The molecule has 12 heterocycles. The molecule has 0 radical (unpaired) electrons. The standard InChI is InChI=1S/C54H75N18O25P5S5/c1-8-27-28(9-35(88-27)68-14-24(4)47(73)67-54(68)77)93-99(79,104)84-15-31-29(10-36(89-31)71-20-61-38-44(57)59-19-60-45(38)71)94-100(80,105)85-16-32-30(11-37(90-32)72-21-62-39-46(72)65-51(58)66-48(39)74)95-101(81,106)86-17-34-41(26(6)50(92-34)70-13-23(3)43(56)64-53(70)76)97-102(82,107)87-18-33-40(96-98(78,103)83-7)25(5)49(91-33)69-12-22(2)42(55)63-52(69)75/h12-14,19-21,25-37,40-41,49-50H,8-11,15-18H2,1-7H3,(H,78,103)(H,79,104)(H,80,105)(H,81,106)(H,82,107)(H2,55,63,75)(H2,56,64,76)(H2,57,59,60)(H,67,73,77)(H3,58,65,66,74)/t25-,26-,27+,28?,29?,30?,31+,32+,33+,34+,35+,36+,37+,40?,41?,49+,50+,98?,99?,100?,101?,102?/m0/s1. The molecule has 0 bridgehead atoms. The summed E-state index contributed by atoms with van der Waals surface area (Å²) in [5.74, 6) is -2.03. The van der Waals surface area contributed by atoms with Gasteiger partial charge in [0.2, 0.25) is 5.95 Å². The predicted molar refractivity (Wildman–Crippen MR) is 393 cm³/mol. The molecule has 22 atom stereocenters. The van der Waals surface area contributed by atoms with E-state index in [0.29, 0.717) is 17.5 Å². The minimum absolute atomic E-state index is 0.0176. The van der Waals surface area contributed by atoms with E-state index in [1.807, 2.05) is 0 Å². The zero-order valence-corrected chi connectivity index (χ0v) is 65.8. The Bertz CT molecular complexity index is 5100. The Morgan fingerprint density at radius 2 is 0.916 bits per heavy atom. The topological polar surface area (TPSA) is 575 Å². The first-order chi connectivity index (χ1) is 50.3.